The Hall–Kier alpha value is -1.77. The van der Waals surface area contributed by atoms with Crippen molar-refractivity contribution in [1.29, 1.82) is 0 Å². The van der Waals surface area contributed by atoms with Crippen molar-refractivity contribution in [3.8, 4) is 0 Å². The Bertz CT molecular complexity index is 424. The van der Waals surface area contributed by atoms with Gasteiger partial charge in [-0.1, -0.05) is 12.1 Å². The highest BCUT2D eigenvalue weighted by Crippen LogP contribution is 2.24. The second-order valence-corrected chi connectivity index (χ2v) is 3.96. The number of fused-ring (bicyclic) bond motifs is 1. The van der Waals surface area contributed by atoms with Crippen molar-refractivity contribution in [2.45, 2.75) is 19.3 Å². The van der Waals surface area contributed by atoms with Crippen molar-refractivity contribution in [3.63, 3.8) is 0 Å². The molecule has 1 aliphatic carbocycles. The lowest BCUT2D eigenvalue weighted by Crippen LogP contribution is -2.00. The highest BCUT2D eigenvalue weighted by atomic mass is 16.4. The van der Waals surface area contributed by atoms with Crippen LogP contribution in [0.4, 0.5) is 5.69 Å². The monoisotopic (exact) mass is 217 g/mol. The average molecular weight is 217 g/mol. The molecule has 2 N–H and O–H groups in total. The van der Waals surface area contributed by atoms with Crippen LogP contribution in [0.3, 0.4) is 0 Å². The summed E-state index contributed by atoms with van der Waals surface area (Å²) in [6.45, 7) is 0.547. The van der Waals surface area contributed by atoms with E-state index < -0.39 is 5.97 Å². The second-order valence-electron chi connectivity index (χ2n) is 3.96. The van der Waals surface area contributed by atoms with E-state index in [0.717, 1.165) is 18.2 Å². The Kier molecular flexibility index (Phi) is 3.25. The fourth-order valence-corrected chi connectivity index (χ4v) is 2.02. The molecule has 3 nitrogen and oxygen atoms in total. The predicted octanol–water partition coefficient (Wildman–Crippen LogP) is 2.23. The van der Waals surface area contributed by atoms with Crippen LogP contribution in [0, 0.1) is 0 Å². The molecule has 0 aromatic heterocycles. The minimum absolute atomic E-state index is 0.547. The average Bonchev–Trinajstić information content (AvgIpc) is 2.71. The molecule has 0 saturated carbocycles. The number of benzene rings is 1. The van der Waals surface area contributed by atoms with Crippen LogP contribution in [-0.2, 0) is 17.6 Å². The van der Waals surface area contributed by atoms with Crippen LogP contribution in [0.1, 0.15) is 17.5 Å². The first kappa shape index (κ1) is 10.7. The molecule has 3 heteroatoms. The van der Waals surface area contributed by atoms with Crippen molar-refractivity contribution in [3.05, 3.63) is 41.5 Å². The molecule has 0 unspecified atom stereocenters. The van der Waals surface area contributed by atoms with Gasteiger partial charge >= 0.3 is 5.97 Å². The van der Waals surface area contributed by atoms with Crippen molar-refractivity contribution in [2.24, 2.45) is 0 Å². The zero-order chi connectivity index (χ0) is 11.4. The molecular formula is C13H15NO2. The van der Waals surface area contributed by atoms with Gasteiger partial charge in [0.2, 0.25) is 0 Å². The fourth-order valence-electron chi connectivity index (χ4n) is 2.02. The topological polar surface area (TPSA) is 49.3 Å². The fraction of sp³-hybridized carbons (Fsp3) is 0.308. The quantitative estimate of drug-likeness (QED) is 0.760. The number of anilines is 1. The standard InChI is InChI=1S/C13H15NO2/c15-13(16)5-2-8-14-12-7-6-10-3-1-4-11(10)9-12/h2,5-7,9,14H,1,3-4,8H2,(H,15,16)/b5-2+. The van der Waals surface area contributed by atoms with Crippen molar-refractivity contribution < 1.29 is 9.90 Å². The number of aryl methyl sites for hydroxylation is 2. The SMILES string of the molecule is O=C(O)/C=C/CNc1ccc2c(c1)CCC2. The molecule has 0 radical (unpaired) electrons. The lowest BCUT2D eigenvalue weighted by molar-refractivity contribution is -0.131. The molecule has 84 valence electrons. The lowest BCUT2D eigenvalue weighted by atomic mass is 10.1. The normalized spacial score (nSPS) is 14.0. The highest BCUT2D eigenvalue weighted by molar-refractivity contribution is 5.79. The van der Waals surface area contributed by atoms with Gasteiger partial charge in [-0.05, 0) is 42.5 Å². The van der Waals surface area contributed by atoms with Crippen LogP contribution in [0.15, 0.2) is 30.4 Å². The lowest BCUT2D eigenvalue weighted by Gasteiger charge is -2.05. The summed E-state index contributed by atoms with van der Waals surface area (Å²) in [6, 6.07) is 6.38. The van der Waals surface area contributed by atoms with Crippen LogP contribution < -0.4 is 5.32 Å². The number of carboxylic acid groups (broad SMARTS) is 1. The second kappa shape index (κ2) is 4.84. The van der Waals surface area contributed by atoms with E-state index in [-0.39, 0.29) is 0 Å². The summed E-state index contributed by atoms with van der Waals surface area (Å²) in [5.74, 6) is -0.907. The molecule has 0 fully saturated rings. The summed E-state index contributed by atoms with van der Waals surface area (Å²) in [5, 5.41) is 11.6. The summed E-state index contributed by atoms with van der Waals surface area (Å²) in [5.41, 5.74) is 3.94. The molecule has 0 atom stereocenters. The van der Waals surface area contributed by atoms with E-state index in [1.54, 1.807) is 6.08 Å². The first-order valence-electron chi connectivity index (χ1n) is 5.51. The van der Waals surface area contributed by atoms with Crippen LogP contribution in [0.2, 0.25) is 0 Å². The minimum Gasteiger partial charge on any atom is -0.478 e. The molecule has 0 saturated heterocycles. The first-order chi connectivity index (χ1) is 7.75. The number of hydrogen-bond acceptors (Lipinski definition) is 2. The molecule has 0 aliphatic heterocycles. The molecule has 1 aromatic carbocycles. The summed E-state index contributed by atoms with van der Waals surface area (Å²) < 4.78 is 0. The number of carbonyl (C=O) groups is 1. The molecular weight excluding hydrogens is 202 g/mol. The zero-order valence-electron chi connectivity index (χ0n) is 9.07. The van der Waals surface area contributed by atoms with Gasteiger partial charge in [-0.15, -0.1) is 0 Å². The number of aliphatic carboxylic acids is 1. The smallest absolute Gasteiger partial charge is 0.328 e. The van der Waals surface area contributed by atoms with E-state index in [1.807, 2.05) is 0 Å². The van der Waals surface area contributed by atoms with Gasteiger partial charge in [0.1, 0.15) is 0 Å². The van der Waals surface area contributed by atoms with Crippen molar-refractivity contribution >= 4 is 11.7 Å². The van der Waals surface area contributed by atoms with Crippen LogP contribution in [0.25, 0.3) is 0 Å². The van der Waals surface area contributed by atoms with Gasteiger partial charge in [-0.3, -0.25) is 0 Å². The van der Waals surface area contributed by atoms with Gasteiger partial charge in [-0.2, -0.15) is 0 Å². The van der Waals surface area contributed by atoms with Gasteiger partial charge in [0.15, 0.2) is 0 Å². The summed E-state index contributed by atoms with van der Waals surface area (Å²) in [7, 11) is 0. The maximum Gasteiger partial charge on any atom is 0.328 e. The van der Waals surface area contributed by atoms with Gasteiger partial charge < -0.3 is 10.4 Å². The Morgan fingerprint density at radius 1 is 1.38 bits per heavy atom. The Labute approximate surface area is 94.8 Å². The van der Waals surface area contributed by atoms with Crippen LogP contribution in [0.5, 0.6) is 0 Å². The maximum absolute atomic E-state index is 10.2. The van der Waals surface area contributed by atoms with E-state index in [2.05, 4.69) is 23.5 Å². The van der Waals surface area contributed by atoms with Gasteiger partial charge in [0.05, 0.1) is 0 Å². The third kappa shape index (κ3) is 2.63. The molecule has 0 bridgehead atoms. The summed E-state index contributed by atoms with van der Waals surface area (Å²) in [4.78, 5) is 10.2. The minimum atomic E-state index is -0.907. The molecule has 16 heavy (non-hydrogen) atoms. The summed E-state index contributed by atoms with van der Waals surface area (Å²) >= 11 is 0. The summed E-state index contributed by atoms with van der Waals surface area (Å²) in [6.07, 6.45) is 6.36. The third-order valence-electron chi connectivity index (χ3n) is 2.78. The van der Waals surface area contributed by atoms with Crippen molar-refractivity contribution in [1.82, 2.24) is 0 Å². The number of rotatable bonds is 4. The van der Waals surface area contributed by atoms with Gasteiger partial charge in [0.25, 0.3) is 0 Å². The number of carboxylic acids is 1. The Morgan fingerprint density at radius 2 is 2.19 bits per heavy atom. The van der Waals surface area contributed by atoms with E-state index in [0.29, 0.717) is 6.54 Å². The van der Waals surface area contributed by atoms with Gasteiger partial charge in [-0.25, -0.2) is 4.79 Å². The molecule has 1 aliphatic rings. The highest BCUT2D eigenvalue weighted by Gasteiger charge is 2.09. The predicted molar refractivity (Wildman–Crippen MR) is 63.7 cm³/mol. The van der Waals surface area contributed by atoms with E-state index in [1.165, 1.54) is 24.0 Å². The first-order valence-corrected chi connectivity index (χ1v) is 5.51. The molecule has 0 spiro atoms. The van der Waals surface area contributed by atoms with E-state index >= 15 is 0 Å². The Balaban J connectivity index is 1.93. The Morgan fingerprint density at radius 3 is 3.00 bits per heavy atom. The molecule has 0 heterocycles. The number of nitrogens with one attached hydrogen (secondary N) is 1. The zero-order valence-corrected chi connectivity index (χ0v) is 9.07. The van der Waals surface area contributed by atoms with Crippen molar-refractivity contribution in [2.75, 3.05) is 11.9 Å². The van der Waals surface area contributed by atoms with Gasteiger partial charge in [0, 0.05) is 18.3 Å². The number of hydrogen-bond donors (Lipinski definition) is 2. The third-order valence-corrected chi connectivity index (χ3v) is 2.78. The molecule has 2 rings (SSSR count). The van der Waals surface area contributed by atoms with Crippen LogP contribution in [-0.4, -0.2) is 17.6 Å². The largest absolute Gasteiger partial charge is 0.478 e. The molecule has 1 aromatic rings. The van der Waals surface area contributed by atoms with E-state index in [4.69, 9.17) is 5.11 Å². The van der Waals surface area contributed by atoms with E-state index in [9.17, 15) is 4.79 Å². The maximum atomic E-state index is 10.2. The molecule has 0 amide bonds. The van der Waals surface area contributed by atoms with Crippen LogP contribution >= 0.6 is 0 Å².